The van der Waals surface area contributed by atoms with Crippen LogP contribution in [0.25, 0.3) is 16.9 Å². The normalized spacial score (nSPS) is 10.4. The van der Waals surface area contributed by atoms with Crippen LogP contribution in [0, 0.1) is 0 Å². The van der Waals surface area contributed by atoms with Crippen molar-refractivity contribution in [3.8, 4) is 28.4 Å². The van der Waals surface area contributed by atoms with E-state index in [1.807, 2.05) is 60.7 Å². The highest BCUT2D eigenvalue weighted by molar-refractivity contribution is 6.32. The molecule has 0 saturated carbocycles. The summed E-state index contributed by atoms with van der Waals surface area (Å²) in [5.41, 5.74) is 7.38. The second-order valence-electron chi connectivity index (χ2n) is 7.14. The molecule has 0 radical (unpaired) electrons. The summed E-state index contributed by atoms with van der Waals surface area (Å²) in [5.74, 6) is -0.499. The maximum atomic E-state index is 13.1. The molecular formula is C25H21ClN4O4. The Bertz CT molecular complexity index is 1320. The van der Waals surface area contributed by atoms with Crippen LogP contribution in [0.5, 0.6) is 11.5 Å². The van der Waals surface area contributed by atoms with E-state index in [-0.39, 0.29) is 10.6 Å². The number of carbonyl (C=O) groups excluding carboxylic acids is 2. The van der Waals surface area contributed by atoms with Gasteiger partial charge in [0.15, 0.2) is 11.5 Å². The highest BCUT2D eigenvalue weighted by Gasteiger charge is 2.20. The Balaban J connectivity index is 1.59. The van der Waals surface area contributed by atoms with Gasteiger partial charge >= 0.3 is 0 Å². The van der Waals surface area contributed by atoms with Gasteiger partial charge in [0.1, 0.15) is 5.69 Å². The number of nitrogens with one attached hydrogen (secondary N) is 2. The van der Waals surface area contributed by atoms with E-state index in [0.717, 1.165) is 11.3 Å². The Morgan fingerprint density at radius 1 is 0.882 bits per heavy atom. The molecule has 0 bridgehead atoms. The molecular weight excluding hydrogens is 456 g/mol. The molecule has 172 valence electrons. The summed E-state index contributed by atoms with van der Waals surface area (Å²) in [6, 6.07) is 21.6. The van der Waals surface area contributed by atoms with Gasteiger partial charge in [0, 0.05) is 17.3 Å². The number of rotatable bonds is 6. The van der Waals surface area contributed by atoms with Crippen molar-refractivity contribution in [1.82, 2.24) is 20.6 Å². The van der Waals surface area contributed by atoms with Crippen molar-refractivity contribution in [2.24, 2.45) is 0 Å². The molecule has 2 amide bonds. The molecule has 1 aromatic heterocycles. The predicted molar refractivity (Wildman–Crippen MR) is 128 cm³/mol. The molecule has 4 aromatic rings. The summed E-state index contributed by atoms with van der Waals surface area (Å²) in [7, 11) is 2.89. The minimum Gasteiger partial charge on any atom is -0.493 e. The van der Waals surface area contributed by atoms with Gasteiger partial charge in [-0.1, -0.05) is 60.1 Å². The van der Waals surface area contributed by atoms with Crippen molar-refractivity contribution in [3.05, 3.63) is 95.1 Å². The number of hydrogen-bond donors (Lipinski definition) is 2. The van der Waals surface area contributed by atoms with E-state index in [0.29, 0.717) is 22.8 Å². The Labute approximate surface area is 201 Å². The summed E-state index contributed by atoms with van der Waals surface area (Å²) < 4.78 is 12.0. The first-order valence-corrected chi connectivity index (χ1v) is 10.6. The molecule has 0 aliphatic carbocycles. The van der Waals surface area contributed by atoms with Gasteiger partial charge in [0.25, 0.3) is 11.8 Å². The number of hydrogen-bond acceptors (Lipinski definition) is 5. The Morgan fingerprint density at radius 2 is 1.53 bits per heavy atom. The van der Waals surface area contributed by atoms with Gasteiger partial charge in [-0.15, -0.1) is 0 Å². The van der Waals surface area contributed by atoms with Crippen molar-refractivity contribution in [1.29, 1.82) is 0 Å². The molecule has 34 heavy (non-hydrogen) atoms. The van der Waals surface area contributed by atoms with Crippen molar-refractivity contribution < 1.29 is 19.1 Å². The lowest BCUT2D eigenvalue weighted by molar-refractivity contribution is 0.0847. The summed E-state index contributed by atoms with van der Waals surface area (Å²) in [6.45, 7) is 0. The van der Waals surface area contributed by atoms with E-state index in [1.165, 1.54) is 26.4 Å². The number of amides is 2. The Morgan fingerprint density at radius 3 is 2.18 bits per heavy atom. The fourth-order valence-corrected chi connectivity index (χ4v) is 3.65. The van der Waals surface area contributed by atoms with Crippen LogP contribution in [0.2, 0.25) is 5.02 Å². The molecule has 8 nitrogen and oxygen atoms in total. The molecule has 0 aliphatic rings. The van der Waals surface area contributed by atoms with Crippen LogP contribution in [0.4, 0.5) is 0 Å². The second-order valence-corrected chi connectivity index (χ2v) is 7.55. The van der Waals surface area contributed by atoms with Gasteiger partial charge < -0.3 is 9.47 Å². The van der Waals surface area contributed by atoms with Crippen molar-refractivity contribution in [2.45, 2.75) is 0 Å². The van der Waals surface area contributed by atoms with Crippen molar-refractivity contribution in [3.63, 3.8) is 0 Å². The Hall–Kier alpha value is -4.30. The van der Waals surface area contributed by atoms with Gasteiger partial charge in [-0.3, -0.25) is 20.4 Å². The number of carbonyl (C=O) groups is 2. The SMILES string of the molecule is COc1cc(C(=O)NNC(=O)c2cn(-c3ccccc3)nc2-c2ccccc2)cc(Cl)c1OC. The lowest BCUT2D eigenvalue weighted by Crippen LogP contribution is -2.41. The lowest BCUT2D eigenvalue weighted by Gasteiger charge is -2.12. The maximum absolute atomic E-state index is 13.1. The number of ether oxygens (including phenoxy) is 2. The first kappa shape index (κ1) is 22.9. The molecule has 0 fully saturated rings. The average Bonchev–Trinajstić information content (AvgIpc) is 3.33. The summed E-state index contributed by atoms with van der Waals surface area (Å²) in [4.78, 5) is 25.7. The fourth-order valence-electron chi connectivity index (χ4n) is 3.36. The van der Waals surface area contributed by atoms with E-state index < -0.39 is 11.8 Å². The van der Waals surface area contributed by atoms with Crippen LogP contribution >= 0.6 is 11.6 Å². The number of hydrazine groups is 1. The van der Waals surface area contributed by atoms with Crippen LogP contribution in [-0.2, 0) is 0 Å². The summed E-state index contributed by atoms with van der Waals surface area (Å²) >= 11 is 6.18. The molecule has 0 saturated heterocycles. The largest absolute Gasteiger partial charge is 0.493 e. The third-order valence-corrected chi connectivity index (χ3v) is 5.29. The van der Waals surface area contributed by atoms with Gasteiger partial charge in [-0.05, 0) is 24.3 Å². The molecule has 0 atom stereocenters. The molecule has 4 rings (SSSR count). The van der Waals surface area contributed by atoms with E-state index in [9.17, 15) is 9.59 Å². The number of methoxy groups -OCH3 is 2. The number of nitrogens with zero attached hydrogens (tertiary/aromatic N) is 2. The molecule has 3 aromatic carbocycles. The number of benzene rings is 3. The van der Waals surface area contributed by atoms with Crippen molar-refractivity contribution in [2.75, 3.05) is 14.2 Å². The second kappa shape index (κ2) is 10.1. The fraction of sp³-hybridized carbons (Fsp3) is 0.0800. The lowest BCUT2D eigenvalue weighted by atomic mass is 10.1. The molecule has 1 heterocycles. The highest BCUT2D eigenvalue weighted by atomic mass is 35.5. The van der Waals surface area contributed by atoms with E-state index in [2.05, 4.69) is 16.0 Å². The minimum absolute atomic E-state index is 0.186. The van der Waals surface area contributed by atoms with Crippen LogP contribution < -0.4 is 20.3 Å². The first-order chi connectivity index (χ1) is 16.5. The number of aromatic nitrogens is 2. The monoisotopic (exact) mass is 476 g/mol. The zero-order chi connectivity index (χ0) is 24.1. The van der Waals surface area contributed by atoms with Crippen molar-refractivity contribution >= 4 is 23.4 Å². The van der Waals surface area contributed by atoms with Gasteiger partial charge in [-0.2, -0.15) is 5.10 Å². The zero-order valence-corrected chi connectivity index (χ0v) is 19.2. The third-order valence-electron chi connectivity index (χ3n) is 5.01. The standard InChI is InChI=1S/C25H21ClN4O4/c1-33-21-14-17(13-20(26)23(21)34-2)24(31)27-28-25(32)19-15-30(18-11-7-4-8-12-18)29-22(19)16-9-5-3-6-10-16/h3-15H,1-2H3,(H,27,31)(H,28,32). The Kier molecular flexibility index (Phi) is 6.79. The van der Waals surface area contributed by atoms with Gasteiger partial charge in [0.05, 0.1) is 30.5 Å². The first-order valence-electron chi connectivity index (χ1n) is 10.2. The van der Waals surface area contributed by atoms with Gasteiger partial charge in [0.2, 0.25) is 0 Å². The molecule has 2 N–H and O–H groups in total. The zero-order valence-electron chi connectivity index (χ0n) is 18.4. The smallest absolute Gasteiger partial charge is 0.273 e. The summed E-state index contributed by atoms with van der Waals surface area (Å²) in [5, 5.41) is 4.81. The number of halogens is 1. The number of para-hydroxylation sites is 1. The predicted octanol–water partition coefficient (Wildman–Crippen LogP) is 4.28. The highest BCUT2D eigenvalue weighted by Crippen LogP contribution is 2.36. The van der Waals surface area contributed by atoms with Crippen LogP contribution in [-0.4, -0.2) is 35.8 Å². The quantitative estimate of drug-likeness (QED) is 0.405. The minimum atomic E-state index is -0.576. The average molecular weight is 477 g/mol. The van der Waals surface area contributed by atoms with Crippen LogP contribution in [0.15, 0.2) is 79.0 Å². The molecule has 9 heteroatoms. The van der Waals surface area contributed by atoms with E-state index in [1.54, 1.807) is 10.9 Å². The van der Waals surface area contributed by atoms with E-state index >= 15 is 0 Å². The topological polar surface area (TPSA) is 94.5 Å². The van der Waals surface area contributed by atoms with Crippen LogP contribution in [0.3, 0.4) is 0 Å². The van der Waals surface area contributed by atoms with E-state index in [4.69, 9.17) is 21.1 Å². The maximum Gasteiger partial charge on any atom is 0.273 e. The molecule has 0 aliphatic heterocycles. The molecule has 0 unspecified atom stereocenters. The van der Waals surface area contributed by atoms with Gasteiger partial charge in [-0.25, -0.2) is 4.68 Å². The third kappa shape index (κ3) is 4.72. The molecule has 0 spiro atoms. The summed E-state index contributed by atoms with van der Waals surface area (Å²) in [6.07, 6.45) is 1.62. The van der Waals surface area contributed by atoms with Crippen LogP contribution in [0.1, 0.15) is 20.7 Å².